The number of nitrogens with one attached hydrogen (secondary N) is 1. The molecule has 1 heterocycles. The van der Waals surface area contributed by atoms with E-state index in [1.54, 1.807) is 6.20 Å². The molecule has 1 aromatic rings. The van der Waals surface area contributed by atoms with Crippen LogP contribution < -0.4 is 11.1 Å². The van der Waals surface area contributed by atoms with E-state index in [4.69, 9.17) is 5.73 Å². The molecular formula is C16H28N4. The van der Waals surface area contributed by atoms with Crippen LogP contribution in [-0.2, 0) is 0 Å². The van der Waals surface area contributed by atoms with Crippen LogP contribution in [-0.4, -0.2) is 36.1 Å². The van der Waals surface area contributed by atoms with Crippen LogP contribution in [0, 0.1) is 6.92 Å². The number of hydrogen-bond donors (Lipinski definition) is 2. The van der Waals surface area contributed by atoms with Gasteiger partial charge in [0.1, 0.15) is 5.82 Å². The first-order chi connectivity index (χ1) is 9.66. The minimum Gasteiger partial charge on any atom is -0.397 e. The van der Waals surface area contributed by atoms with E-state index in [0.717, 1.165) is 42.6 Å². The topological polar surface area (TPSA) is 54.2 Å². The number of nitrogens with two attached hydrogens (primary N) is 1. The molecule has 0 unspecified atom stereocenters. The molecule has 20 heavy (non-hydrogen) atoms. The fraction of sp³-hybridized carbons (Fsp3) is 0.688. The monoisotopic (exact) mass is 276 g/mol. The van der Waals surface area contributed by atoms with Gasteiger partial charge in [-0.2, -0.15) is 0 Å². The van der Waals surface area contributed by atoms with Gasteiger partial charge in [-0.15, -0.1) is 0 Å². The Bertz CT molecular complexity index is 413. The highest BCUT2D eigenvalue weighted by Gasteiger charge is 2.17. The molecule has 0 amide bonds. The first-order valence-electron chi connectivity index (χ1n) is 7.83. The van der Waals surface area contributed by atoms with E-state index in [1.807, 2.05) is 13.0 Å². The van der Waals surface area contributed by atoms with Crippen LogP contribution in [0.25, 0.3) is 0 Å². The van der Waals surface area contributed by atoms with Gasteiger partial charge >= 0.3 is 0 Å². The number of hydrogen-bond acceptors (Lipinski definition) is 4. The number of nitrogens with zero attached hydrogens (tertiary/aromatic N) is 2. The Hall–Kier alpha value is -1.29. The van der Waals surface area contributed by atoms with E-state index in [9.17, 15) is 0 Å². The first kappa shape index (κ1) is 15.1. The third-order valence-corrected chi connectivity index (χ3v) is 4.28. The molecule has 1 saturated carbocycles. The quantitative estimate of drug-likeness (QED) is 0.784. The summed E-state index contributed by atoms with van der Waals surface area (Å²) >= 11 is 0. The van der Waals surface area contributed by atoms with E-state index in [-0.39, 0.29) is 0 Å². The van der Waals surface area contributed by atoms with Gasteiger partial charge in [-0.1, -0.05) is 19.3 Å². The van der Waals surface area contributed by atoms with E-state index in [1.165, 1.54) is 32.1 Å². The average molecular weight is 276 g/mol. The average Bonchev–Trinajstić information content (AvgIpc) is 2.46. The SMILES string of the molecule is Cc1cc(N)cnc1NCCCN(C)C1CCCCC1. The second kappa shape index (κ2) is 7.48. The predicted octanol–water partition coefficient (Wildman–Crippen LogP) is 3.04. The van der Waals surface area contributed by atoms with Crippen LogP contribution in [0.2, 0.25) is 0 Å². The summed E-state index contributed by atoms with van der Waals surface area (Å²) in [5, 5.41) is 3.41. The van der Waals surface area contributed by atoms with Crippen molar-refractivity contribution in [1.82, 2.24) is 9.88 Å². The summed E-state index contributed by atoms with van der Waals surface area (Å²) in [6, 6.07) is 2.77. The number of anilines is 2. The number of aromatic nitrogens is 1. The van der Waals surface area contributed by atoms with Crippen LogP contribution in [0.15, 0.2) is 12.3 Å². The Morgan fingerprint density at radius 3 is 2.80 bits per heavy atom. The van der Waals surface area contributed by atoms with E-state index in [2.05, 4.69) is 22.2 Å². The second-order valence-corrected chi connectivity index (χ2v) is 5.99. The minimum absolute atomic E-state index is 0.727. The molecule has 1 aliphatic carbocycles. The lowest BCUT2D eigenvalue weighted by Gasteiger charge is -2.31. The molecule has 4 nitrogen and oxygen atoms in total. The Balaban J connectivity index is 1.68. The molecule has 4 heteroatoms. The van der Waals surface area contributed by atoms with E-state index < -0.39 is 0 Å². The highest BCUT2D eigenvalue weighted by atomic mass is 15.1. The summed E-state index contributed by atoms with van der Waals surface area (Å²) < 4.78 is 0. The maximum atomic E-state index is 5.71. The molecule has 0 radical (unpaired) electrons. The lowest BCUT2D eigenvalue weighted by molar-refractivity contribution is 0.191. The van der Waals surface area contributed by atoms with Crippen LogP contribution in [0.1, 0.15) is 44.1 Å². The fourth-order valence-corrected chi connectivity index (χ4v) is 3.02. The molecule has 1 fully saturated rings. The largest absolute Gasteiger partial charge is 0.397 e. The summed E-state index contributed by atoms with van der Waals surface area (Å²) in [5.41, 5.74) is 7.55. The van der Waals surface area contributed by atoms with E-state index >= 15 is 0 Å². The summed E-state index contributed by atoms with van der Waals surface area (Å²) in [7, 11) is 2.27. The lowest BCUT2D eigenvalue weighted by atomic mass is 9.94. The zero-order valence-electron chi connectivity index (χ0n) is 12.9. The standard InChI is InChI=1S/C16H28N4/c1-13-11-14(17)12-19-16(13)18-9-6-10-20(2)15-7-4-3-5-8-15/h11-12,15H,3-10,17H2,1-2H3,(H,18,19). The molecule has 3 N–H and O–H groups in total. The van der Waals surface area contributed by atoms with E-state index in [0.29, 0.717) is 0 Å². The number of rotatable bonds is 6. The Morgan fingerprint density at radius 1 is 1.35 bits per heavy atom. The van der Waals surface area contributed by atoms with Gasteiger partial charge in [0.15, 0.2) is 0 Å². The minimum atomic E-state index is 0.727. The molecule has 0 aliphatic heterocycles. The molecular weight excluding hydrogens is 248 g/mol. The van der Waals surface area contributed by atoms with Crippen molar-refractivity contribution in [2.24, 2.45) is 0 Å². The summed E-state index contributed by atoms with van der Waals surface area (Å²) in [6.45, 7) is 4.17. The van der Waals surface area contributed by atoms with Crippen molar-refractivity contribution in [1.29, 1.82) is 0 Å². The van der Waals surface area contributed by atoms with Gasteiger partial charge < -0.3 is 16.0 Å². The van der Waals surface area contributed by atoms with Crippen molar-refractivity contribution in [3.63, 3.8) is 0 Å². The molecule has 1 aromatic heterocycles. The normalized spacial score (nSPS) is 16.6. The predicted molar refractivity (Wildman–Crippen MR) is 86.0 cm³/mol. The highest BCUT2D eigenvalue weighted by molar-refractivity contribution is 5.50. The maximum absolute atomic E-state index is 5.71. The lowest BCUT2D eigenvalue weighted by Crippen LogP contribution is -2.34. The van der Waals surface area contributed by atoms with Gasteiger partial charge in [-0.05, 0) is 51.4 Å². The molecule has 112 valence electrons. The van der Waals surface area contributed by atoms with Gasteiger partial charge in [0.25, 0.3) is 0 Å². The van der Waals surface area contributed by atoms with Crippen molar-refractivity contribution in [3.8, 4) is 0 Å². The van der Waals surface area contributed by atoms with Gasteiger partial charge in [-0.3, -0.25) is 0 Å². The molecule has 1 aliphatic rings. The zero-order valence-corrected chi connectivity index (χ0v) is 12.9. The number of pyridine rings is 1. The van der Waals surface area contributed by atoms with Crippen LogP contribution in [0.5, 0.6) is 0 Å². The summed E-state index contributed by atoms with van der Waals surface area (Å²) in [6.07, 6.45) is 9.85. The highest BCUT2D eigenvalue weighted by Crippen LogP contribution is 2.21. The molecule has 0 bridgehead atoms. The van der Waals surface area contributed by atoms with Crippen molar-refractivity contribution in [2.75, 3.05) is 31.2 Å². The second-order valence-electron chi connectivity index (χ2n) is 5.99. The summed E-state index contributed by atoms with van der Waals surface area (Å²) in [4.78, 5) is 6.87. The first-order valence-corrected chi connectivity index (χ1v) is 7.83. The molecule has 2 rings (SSSR count). The molecule has 0 spiro atoms. The van der Waals surface area contributed by atoms with Gasteiger partial charge in [0, 0.05) is 12.6 Å². The smallest absolute Gasteiger partial charge is 0.128 e. The van der Waals surface area contributed by atoms with Crippen molar-refractivity contribution < 1.29 is 0 Å². The van der Waals surface area contributed by atoms with Gasteiger partial charge in [0.2, 0.25) is 0 Å². The molecule has 0 atom stereocenters. The van der Waals surface area contributed by atoms with Crippen molar-refractivity contribution >= 4 is 11.5 Å². The zero-order chi connectivity index (χ0) is 14.4. The Kier molecular flexibility index (Phi) is 5.65. The molecule has 0 aromatic carbocycles. The van der Waals surface area contributed by atoms with Crippen molar-refractivity contribution in [2.45, 2.75) is 51.5 Å². The third-order valence-electron chi connectivity index (χ3n) is 4.28. The fourth-order valence-electron chi connectivity index (χ4n) is 3.02. The Labute approximate surface area is 122 Å². The van der Waals surface area contributed by atoms with Gasteiger partial charge in [0.05, 0.1) is 11.9 Å². The Morgan fingerprint density at radius 2 is 2.10 bits per heavy atom. The van der Waals surface area contributed by atoms with Gasteiger partial charge in [-0.25, -0.2) is 4.98 Å². The van der Waals surface area contributed by atoms with Crippen LogP contribution in [0.4, 0.5) is 11.5 Å². The third kappa shape index (κ3) is 4.37. The summed E-state index contributed by atoms with van der Waals surface area (Å²) in [5.74, 6) is 0.958. The van der Waals surface area contributed by atoms with Crippen LogP contribution in [0.3, 0.4) is 0 Å². The maximum Gasteiger partial charge on any atom is 0.128 e. The molecule has 0 saturated heterocycles. The number of nitrogen functional groups attached to an aromatic ring is 1. The van der Waals surface area contributed by atoms with Crippen molar-refractivity contribution in [3.05, 3.63) is 17.8 Å². The number of aryl methyl sites for hydroxylation is 1. The van der Waals surface area contributed by atoms with Crippen LogP contribution >= 0.6 is 0 Å².